The van der Waals surface area contributed by atoms with Crippen molar-refractivity contribution in [3.05, 3.63) is 59.7 Å². The number of nitrogens with one attached hydrogen (secondary N) is 2. The molecule has 0 spiro atoms. The van der Waals surface area contributed by atoms with Crippen LogP contribution in [0.2, 0.25) is 0 Å². The van der Waals surface area contributed by atoms with Crippen LogP contribution in [0.25, 0.3) is 0 Å². The first kappa shape index (κ1) is 19.6. The molecular formula is C22H25N3O3. The molecule has 1 fully saturated rings. The lowest BCUT2D eigenvalue weighted by molar-refractivity contribution is -0.114. The van der Waals surface area contributed by atoms with Gasteiger partial charge in [-0.3, -0.25) is 14.4 Å². The fraction of sp³-hybridized carbons (Fsp3) is 0.318. The molecule has 1 aliphatic heterocycles. The van der Waals surface area contributed by atoms with Gasteiger partial charge in [-0.25, -0.2) is 0 Å². The molecule has 0 aliphatic carbocycles. The monoisotopic (exact) mass is 379 g/mol. The molecule has 0 aromatic heterocycles. The van der Waals surface area contributed by atoms with Gasteiger partial charge in [0.1, 0.15) is 0 Å². The van der Waals surface area contributed by atoms with Crippen molar-refractivity contribution >= 4 is 29.1 Å². The lowest BCUT2D eigenvalue weighted by Gasteiger charge is -2.30. The van der Waals surface area contributed by atoms with E-state index in [2.05, 4.69) is 17.6 Å². The van der Waals surface area contributed by atoms with E-state index >= 15 is 0 Å². The fourth-order valence-electron chi connectivity index (χ4n) is 3.24. The van der Waals surface area contributed by atoms with E-state index in [9.17, 15) is 14.4 Å². The summed E-state index contributed by atoms with van der Waals surface area (Å²) in [5.74, 6) is 0.235. The predicted molar refractivity (Wildman–Crippen MR) is 109 cm³/mol. The molecule has 0 atom stereocenters. The maximum Gasteiger partial charge on any atom is 0.255 e. The standard InChI is InChI=1S/C22H25N3O3/c1-15-10-12-25(13-11-15)22(28)18-8-6-17(7-9-18)21(27)24-20-5-3-4-19(14-20)23-16(2)26/h3-9,14-15H,10-13H2,1-2H3,(H,23,26)(H,24,27). The molecule has 28 heavy (non-hydrogen) atoms. The minimum atomic E-state index is -0.272. The number of piperidine rings is 1. The van der Waals surface area contributed by atoms with E-state index in [-0.39, 0.29) is 17.7 Å². The van der Waals surface area contributed by atoms with Gasteiger partial charge in [0.2, 0.25) is 5.91 Å². The first-order valence-electron chi connectivity index (χ1n) is 9.51. The minimum Gasteiger partial charge on any atom is -0.339 e. The number of carbonyl (C=O) groups excluding carboxylic acids is 3. The molecule has 3 rings (SSSR count). The van der Waals surface area contributed by atoms with Gasteiger partial charge in [0.25, 0.3) is 11.8 Å². The van der Waals surface area contributed by atoms with Crippen molar-refractivity contribution in [3.63, 3.8) is 0 Å². The Balaban J connectivity index is 1.64. The Hall–Kier alpha value is -3.15. The maximum absolute atomic E-state index is 12.6. The zero-order chi connectivity index (χ0) is 20.1. The number of carbonyl (C=O) groups is 3. The zero-order valence-corrected chi connectivity index (χ0v) is 16.2. The summed E-state index contributed by atoms with van der Waals surface area (Å²) in [6, 6.07) is 13.7. The summed E-state index contributed by atoms with van der Waals surface area (Å²) in [5.41, 5.74) is 2.26. The summed E-state index contributed by atoms with van der Waals surface area (Å²) in [4.78, 5) is 38.1. The number of amides is 3. The van der Waals surface area contributed by atoms with Crippen LogP contribution >= 0.6 is 0 Å². The highest BCUT2D eigenvalue weighted by molar-refractivity contribution is 6.05. The van der Waals surface area contributed by atoms with Crippen molar-refractivity contribution in [2.75, 3.05) is 23.7 Å². The summed E-state index contributed by atoms with van der Waals surface area (Å²) in [5, 5.41) is 5.48. The van der Waals surface area contributed by atoms with Crippen LogP contribution in [-0.4, -0.2) is 35.7 Å². The first-order valence-corrected chi connectivity index (χ1v) is 9.51. The third kappa shape index (κ3) is 4.97. The van der Waals surface area contributed by atoms with E-state index in [0.29, 0.717) is 28.4 Å². The number of hydrogen-bond acceptors (Lipinski definition) is 3. The van der Waals surface area contributed by atoms with E-state index in [1.165, 1.54) is 6.92 Å². The van der Waals surface area contributed by atoms with Crippen LogP contribution < -0.4 is 10.6 Å². The van der Waals surface area contributed by atoms with Crippen LogP contribution in [0.1, 0.15) is 47.4 Å². The van der Waals surface area contributed by atoms with Crippen molar-refractivity contribution in [2.24, 2.45) is 5.92 Å². The summed E-state index contributed by atoms with van der Waals surface area (Å²) >= 11 is 0. The van der Waals surface area contributed by atoms with E-state index in [1.807, 2.05) is 4.90 Å². The van der Waals surface area contributed by atoms with Gasteiger partial charge in [-0.15, -0.1) is 0 Å². The quantitative estimate of drug-likeness (QED) is 0.849. The topological polar surface area (TPSA) is 78.5 Å². The largest absolute Gasteiger partial charge is 0.339 e. The number of rotatable bonds is 4. The molecule has 2 aromatic rings. The molecule has 2 aromatic carbocycles. The average Bonchev–Trinajstić information content (AvgIpc) is 2.68. The van der Waals surface area contributed by atoms with E-state index in [4.69, 9.17) is 0 Å². The maximum atomic E-state index is 12.6. The van der Waals surface area contributed by atoms with Crippen LogP contribution in [0.3, 0.4) is 0 Å². The SMILES string of the molecule is CC(=O)Nc1cccc(NC(=O)c2ccc(C(=O)N3CCC(C)CC3)cc2)c1. The number of benzene rings is 2. The third-order valence-electron chi connectivity index (χ3n) is 4.91. The Labute approximate surface area is 164 Å². The minimum absolute atomic E-state index is 0.0156. The van der Waals surface area contributed by atoms with Crippen molar-refractivity contribution in [1.29, 1.82) is 0 Å². The van der Waals surface area contributed by atoms with Gasteiger partial charge in [-0.05, 0) is 61.2 Å². The lowest BCUT2D eigenvalue weighted by Crippen LogP contribution is -2.37. The average molecular weight is 379 g/mol. The summed E-state index contributed by atoms with van der Waals surface area (Å²) < 4.78 is 0. The predicted octanol–water partition coefficient (Wildman–Crippen LogP) is 3.77. The second kappa shape index (κ2) is 8.69. The van der Waals surface area contributed by atoms with Crippen LogP contribution in [-0.2, 0) is 4.79 Å². The number of nitrogens with zero attached hydrogens (tertiary/aromatic N) is 1. The molecule has 0 radical (unpaired) electrons. The molecule has 1 aliphatic rings. The molecule has 0 saturated carbocycles. The second-order valence-corrected chi connectivity index (χ2v) is 7.27. The Kier molecular flexibility index (Phi) is 6.09. The van der Waals surface area contributed by atoms with Gasteiger partial charge in [-0.2, -0.15) is 0 Å². The van der Waals surface area contributed by atoms with Crippen LogP contribution in [0.4, 0.5) is 11.4 Å². The summed E-state index contributed by atoms with van der Waals surface area (Å²) in [7, 11) is 0. The van der Waals surface area contributed by atoms with E-state index < -0.39 is 0 Å². The molecule has 0 unspecified atom stereocenters. The first-order chi connectivity index (χ1) is 13.4. The molecule has 6 nitrogen and oxygen atoms in total. The molecule has 6 heteroatoms. The van der Waals surface area contributed by atoms with Gasteiger partial charge < -0.3 is 15.5 Å². The number of anilines is 2. The molecule has 1 heterocycles. The van der Waals surface area contributed by atoms with Gasteiger partial charge in [0.15, 0.2) is 0 Å². The van der Waals surface area contributed by atoms with Crippen LogP contribution in [0.5, 0.6) is 0 Å². The number of likely N-dealkylation sites (tertiary alicyclic amines) is 1. The molecule has 0 bridgehead atoms. The van der Waals surface area contributed by atoms with Crippen molar-refractivity contribution in [2.45, 2.75) is 26.7 Å². The van der Waals surface area contributed by atoms with Crippen LogP contribution in [0.15, 0.2) is 48.5 Å². The Morgan fingerprint density at radius 3 is 2.07 bits per heavy atom. The van der Waals surface area contributed by atoms with Crippen molar-refractivity contribution < 1.29 is 14.4 Å². The highest BCUT2D eigenvalue weighted by atomic mass is 16.2. The van der Waals surface area contributed by atoms with Gasteiger partial charge in [0.05, 0.1) is 0 Å². The molecule has 146 valence electrons. The molecular weight excluding hydrogens is 354 g/mol. The highest BCUT2D eigenvalue weighted by Crippen LogP contribution is 2.19. The fourth-order valence-corrected chi connectivity index (χ4v) is 3.24. The van der Waals surface area contributed by atoms with E-state index in [1.54, 1.807) is 48.5 Å². The smallest absolute Gasteiger partial charge is 0.255 e. The van der Waals surface area contributed by atoms with Gasteiger partial charge >= 0.3 is 0 Å². The third-order valence-corrected chi connectivity index (χ3v) is 4.91. The van der Waals surface area contributed by atoms with Crippen molar-refractivity contribution in [3.8, 4) is 0 Å². The van der Waals surface area contributed by atoms with Gasteiger partial charge in [-0.1, -0.05) is 13.0 Å². The molecule has 3 amide bonds. The highest BCUT2D eigenvalue weighted by Gasteiger charge is 2.21. The molecule has 2 N–H and O–H groups in total. The van der Waals surface area contributed by atoms with Crippen LogP contribution in [0, 0.1) is 5.92 Å². The summed E-state index contributed by atoms with van der Waals surface area (Å²) in [6.45, 7) is 5.21. The number of hydrogen-bond donors (Lipinski definition) is 2. The van der Waals surface area contributed by atoms with E-state index in [0.717, 1.165) is 25.9 Å². The Morgan fingerprint density at radius 2 is 1.46 bits per heavy atom. The summed E-state index contributed by atoms with van der Waals surface area (Å²) in [6.07, 6.45) is 2.06. The molecule has 1 saturated heterocycles. The second-order valence-electron chi connectivity index (χ2n) is 7.27. The zero-order valence-electron chi connectivity index (χ0n) is 16.2. The lowest BCUT2D eigenvalue weighted by atomic mass is 9.98. The Bertz CT molecular complexity index is 869. The van der Waals surface area contributed by atoms with Gasteiger partial charge in [0, 0.05) is 42.5 Å². The normalized spacial score (nSPS) is 14.4. The Morgan fingerprint density at radius 1 is 0.893 bits per heavy atom. The van der Waals surface area contributed by atoms with Crippen molar-refractivity contribution in [1.82, 2.24) is 4.90 Å².